The summed E-state index contributed by atoms with van der Waals surface area (Å²) in [6.07, 6.45) is 6.82. The Morgan fingerprint density at radius 3 is 1.77 bits per heavy atom. The molecule has 1 fully saturated rings. The van der Waals surface area contributed by atoms with Crippen LogP contribution in [-0.4, -0.2) is 16.2 Å². The fourth-order valence-corrected chi connectivity index (χ4v) is 11.3. The molecule has 0 spiro atoms. The van der Waals surface area contributed by atoms with Crippen LogP contribution in [0.15, 0.2) is 219 Å². The number of anilines is 4. The van der Waals surface area contributed by atoms with Crippen molar-refractivity contribution < 1.29 is 0 Å². The molecule has 1 saturated carbocycles. The van der Waals surface area contributed by atoms with Gasteiger partial charge in [0.05, 0.1) is 28.1 Å². The summed E-state index contributed by atoms with van der Waals surface area (Å²) in [6, 6.07) is 78.2. The Morgan fingerprint density at radius 2 is 1.06 bits per heavy atom. The summed E-state index contributed by atoms with van der Waals surface area (Å²) in [5, 5.41) is 2.48. The molecule has 3 heterocycles. The quantitative estimate of drug-likeness (QED) is 0.145. The number of nitrogens with zero attached hydrogens (tertiary/aromatic N) is 4. The lowest BCUT2D eigenvalue weighted by Crippen LogP contribution is -2.25. The molecule has 1 aliphatic heterocycles. The largest absolute Gasteiger partial charge is 0.321 e. The van der Waals surface area contributed by atoms with E-state index < -0.39 is 0 Å². The van der Waals surface area contributed by atoms with Crippen LogP contribution < -0.4 is 9.80 Å². The monoisotopic (exact) mass is 852 g/mol. The number of benzene rings is 8. The van der Waals surface area contributed by atoms with Crippen LogP contribution in [0.1, 0.15) is 61.8 Å². The summed E-state index contributed by atoms with van der Waals surface area (Å²) >= 11 is 0. The number of pyridine rings is 1. The zero-order valence-corrected chi connectivity index (χ0v) is 37.6. The number of aromatic nitrogens is 2. The van der Waals surface area contributed by atoms with Crippen molar-refractivity contribution in [2.75, 3.05) is 16.5 Å². The lowest BCUT2D eigenvalue weighted by atomic mass is 9.73. The van der Waals surface area contributed by atoms with Gasteiger partial charge >= 0.3 is 0 Å². The summed E-state index contributed by atoms with van der Waals surface area (Å²) in [5.41, 5.74) is 16.9. The van der Waals surface area contributed by atoms with Crippen molar-refractivity contribution in [2.45, 2.75) is 50.4 Å². The van der Waals surface area contributed by atoms with E-state index in [1.807, 2.05) is 6.20 Å². The second-order valence-electron chi connectivity index (χ2n) is 18.7. The van der Waals surface area contributed by atoms with E-state index in [1.54, 1.807) is 0 Å². The molecule has 8 aromatic carbocycles. The maximum Gasteiger partial charge on any atom is 0.137 e. The van der Waals surface area contributed by atoms with Gasteiger partial charge in [0, 0.05) is 44.6 Å². The standard InChI is InChI=1S/C62H52N4/c1-61(2,48-34-35-54-53-28-12-13-31-55(53)66(58(54)41-48)59-42-49(36-39-63-59)62(37-16-17-38-62)46-24-10-5-11-25-46)47-26-18-27-50(40-47)64-43-65(57-33-15-14-32-56(57)64)60-51(44-20-6-3-7-21-44)29-19-30-52(60)45-22-8-4-9-23-45/h3-15,18-36,39-42H,16-17,37-38,43H2,1-2H3. The van der Waals surface area contributed by atoms with Gasteiger partial charge < -0.3 is 9.80 Å². The minimum absolute atomic E-state index is 0.00176. The molecule has 2 aliphatic rings. The number of para-hydroxylation sites is 4. The molecule has 0 amide bonds. The van der Waals surface area contributed by atoms with Crippen molar-refractivity contribution in [3.05, 3.63) is 241 Å². The fourth-order valence-electron chi connectivity index (χ4n) is 11.3. The summed E-state index contributed by atoms with van der Waals surface area (Å²) in [6.45, 7) is 5.42. The maximum atomic E-state index is 5.13. The van der Waals surface area contributed by atoms with Gasteiger partial charge in [0.25, 0.3) is 0 Å². The van der Waals surface area contributed by atoms with E-state index in [4.69, 9.17) is 4.98 Å². The third kappa shape index (κ3) is 6.54. The minimum atomic E-state index is -0.318. The Morgan fingerprint density at radius 1 is 0.470 bits per heavy atom. The van der Waals surface area contributed by atoms with Gasteiger partial charge in [-0.1, -0.05) is 190 Å². The molecule has 4 nitrogen and oxygen atoms in total. The van der Waals surface area contributed by atoms with Crippen LogP contribution in [0, 0.1) is 0 Å². The van der Waals surface area contributed by atoms with Gasteiger partial charge in [-0.3, -0.25) is 4.57 Å². The van der Waals surface area contributed by atoms with Crippen LogP contribution >= 0.6 is 0 Å². The highest BCUT2D eigenvalue weighted by molar-refractivity contribution is 6.09. The van der Waals surface area contributed by atoms with Crippen LogP contribution in [0.2, 0.25) is 0 Å². The Hall–Kier alpha value is -7.69. The van der Waals surface area contributed by atoms with E-state index >= 15 is 0 Å². The van der Waals surface area contributed by atoms with E-state index in [0.717, 1.165) is 18.7 Å². The molecular weight excluding hydrogens is 801 g/mol. The average molecular weight is 853 g/mol. The van der Waals surface area contributed by atoms with Gasteiger partial charge in [-0.2, -0.15) is 0 Å². The van der Waals surface area contributed by atoms with Crippen molar-refractivity contribution in [3.8, 4) is 28.1 Å². The third-order valence-electron chi connectivity index (χ3n) is 14.8. The lowest BCUT2D eigenvalue weighted by molar-refractivity contribution is 0.534. The molecule has 0 unspecified atom stereocenters. The summed E-state index contributed by atoms with van der Waals surface area (Å²) < 4.78 is 2.41. The van der Waals surface area contributed by atoms with Crippen molar-refractivity contribution in [1.29, 1.82) is 0 Å². The molecular formula is C62H52N4. The molecule has 12 rings (SSSR count). The number of rotatable bonds is 9. The van der Waals surface area contributed by atoms with Crippen molar-refractivity contribution in [2.24, 2.45) is 0 Å². The van der Waals surface area contributed by atoms with E-state index in [9.17, 15) is 0 Å². The highest BCUT2D eigenvalue weighted by atomic mass is 15.4. The summed E-state index contributed by atoms with van der Waals surface area (Å²) in [5.74, 6) is 0.972. The van der Waals surface area contributed by atoms with Crippen molar-refractivity contribution >= 4 is 44.6 Å². The first-order valence-corrected chi connectivity index (χ1v) is 23.5. The predicted molar refractivity (Wildman–Crippen MR) is 276 cm³/mol. The van der Waals surface area contributed by atoms with E-state index in [-0.39, 0.29) is 10.8 Å². The lowest BCUT2D eigenvalue weighted by Gasteiger charge is -2.31. The number of hydrogen-bond acceptors (Lipinski definition) is 3. The highest BCUT2D eigenvalue weighted by Crippen LogP contribution is 2.51. The SMILES string of the molecule is CC(C)(c1cccc(N2CN(c3c(-c4ccccc4)cccc3-c3ccccc3)c3ccccc32)c1)c1ccc2c3ccccc3n(-c3cc(C4(c5ccccc5)CCCC4)ccn3)c2c1. The van der Waals surface area contributed by atoms with E-state index in [1.165, 1.54) is 102 Å². The van der Waals surface area contributed by atoms with Gasteiger partial charge in [0.1, 0.15) is 12.5 Å². The smallest absolute Gasteiger partial charge is 0.137 e. The van der Waals surface area contributed by atoms with E-state index in [0.29, 0.717) is 6.67 Å². The molecule has 2 aromatic heterocycles. The Kier molecular flexibility index (Phi) is 9.71. The Balaban J connectivity index is 0.943. The van der Waals surface area contributed by atoms with Gasteiger partial charge in [0.15, 0.2) is 0 Å². The predicted octanol–water partition coefficient (Wildman–Crippen LogP) is 15.9. The zero-order valence-electron chi connectivity index (χ0n) is 37.6. The van der Waals surface area contributed by atoms with Crippen LogP contribution in [0.25, 0.3) is 49.9 Å². The third-order valence-corrected chi connectivity index (χ3v) is 14.8. The second-order valence-corrected chi connectivity index (χ2v) is 18.7. The molecule has 0 bridgehead atoms. The molecule has 0 radical (unpaired) electrons. The average Bonchev–Trinajstić information content (AvgIpc) is 4.13. The first-order valence-electron chi connectivity index (χ1n) is 23.5. The van der Waals surface area contributed by atoms with Gasteiger partial charge in [-0.15, -0.1) is 0 Å². The van der Waals surface area contributed by atoms with Crippen molar-refractivity contribution in [1.82, 2.24) is 9.55 Å². The molecule has 0 atom stereocenters. The molecule has 1 aliphatic carbocycles. The van der Waals surface area contributed by atoms with Crippen molar-refractivity contribution in [3.63, 3.8) is 0 Å². The fraction of sp³-hybridized carbons (Fsp3) is 0.145. The summed E-state index contributed by atoms with van der Waals surface area (Å²) in [4.78, 5) is 10.1. The van der Waals surface area contributed by atoms with Gasteiger partial charge in [-0.25, -0.2) is 4.98 Å². The molecule has 0 saturated heterocycles. The van der Waals surface area contributed by atoms with Crippen LogP contribution in [0.3, 0.4) is 0 Å². The van der Waals surface area contributed by atoms with Crippen LogP contribution in [-0.2, 0) is 10.8 Å². The Labute approximate surface area is 388 Å². The first kappa shape index (κ1) is 39.9. The summed E-state index contributed by atoms with van der Waals surface area (Å²) in [7, 11) is 0. The minimum Gasteiger partial charge on any atom is -0.321 e. The maximum absolute atomic E-state index is 5.13. The van der Waals surface area contributed by atoms with Gasteiger partial charge in [-0.05, 0) is 94.8 Å². The molecule has 320 valence electrons. The zero-order chi connectivity index (χ0) is 44.2. The Bertz CT molecular complexity index is 3320. The first-order chi connectivity index (χ1) is 32.5. The molecule has 10 aromatic rings. The molecule has 4 heteroatoms. The number of fused-ring (bicyclic) bond motifs is 4. The van der Waals surface area contributed by atoms with Gasteiger partial charge in [0.2, 0.25) is 0 Å². The topological polar surface area (TPSA) is 24.3 Å². The van der Waals surface area contributed by atoms with E-state index in [2.05, 4.69) is 241 Å². The highest BCUT2D eigenvalue weighted by Gasteiger charge is 2.38. The molecule has 0 N–H and O–H groups in total. The van der Waals surface area contributed by atoms with Crippen LogP contribution in [0.4, 0.5) is 22.7 Å². The normalized spacial score (nSPS) is 14.6. The molecule has 66 heavy (non-hydrogen) atoms. The number of hydrogen-bond donors (Lipinski definition) is 0. The van der Waals surface area contributed by atoms with Crippen LogP contribution in [0.5, 0.6) is 0 Å². The second kappa shape index (κ2) is 16.1.